The van der Waals surface area contributed by atoms with Crippen LogP contribution in [0.5, 0.6) is 0 Å². The number of hydrogen-bond acceptors (Lipinski definition) is 4. The minimum atomic E-state index is -0.378. The van der Waals surface area contributed by atoms with Crippen molar-refractivity contribution < 1.29 is 19.1 Å². The lowest BCUT2D eigenvalue weighted by molar-refractivity contribution is -0.139. The van der Waals surface area contributed by atoms with Crippen molar-refractivity contribution in [3.8, 4) is 0 Å². The van der Waals surface area contributed by atoms with E-state index in [1.165, 1.54) is 4.90 Å². The predicted octanol–water partition coefficient (Wildman–Crippen LogP) is 1.57. The van der Waals surface area contributed by atoms with Gasteiger partial charge in [0.25, 0.3) is 0 Å². The zero-order valence-electron chi connectivity index (χ0n) is 16.0. The van der Waals surface area contributed by atoms with Crippen molar-refractivity contribution in [2.75, 3.05) is 38.7 Å². The maximum Gasteiger partial charge on any atom is 0.243 e. The molecule has 1 aromatic rings. The molecule has 0 spiro atoms. The number of nitrogens with one attached hydrogen (secondary N) is 2. The lowest BCUT2D eigenvalue weighted by Gasteiger charge is -2.24. The van der Waals surface area contributed by atoms with E-state index in [1.807, 2.05) is 32.9 Å². The molecule has 1 atom stereocenters. The summed E-state index contributed by atoms with van der Waals surface area (Å²) >= 11 is 0. The number of carbonyl (C=O) groups excluding carboxylic acids is 3. The van der Waals surface area contributed by atoms with Crippen molar-refractivity contribution in [2.24, 2.45) is 5.92 Å². The molecule has 26 heavy (non-hydrogen) atoms. The topological polar surface area (TPSA) is 87.7 Å². The summed E-state index contributed by atoms with van der Waals surface area (Å²) < 4.78 is 5.00. The van der Waals surface area contributed by atoms with Crippen LogP contribution in [-0.4, -0.2) is 56.0 Å². The minimum Gasteiger partial charge on any atom is -0.383 e. The van der Waals surface area contributed by atoms with Crippen LogP contribution in [0.2, 0.25) is 0 Å². The Balaban J connectivity index is 2.49. The van der Waals surface area contributed by atoms with Crippen molar-refractivity contribution in [2.45, 2.75) is 27.2 Å². The number of anilines is 1. The van der Waals surface area contributed by atoms with Crippen molar-refractivity contribution in [1.82, 2.24) is 10.2 Å². The standard InChI is InChI=1S/C19H29N3O4/c1-5-15(3)19(25)22(10-11-26-4)13-18(24)20-12-17(23)21-16-8-6-14(2)7-9-16/h6-9,15H,5,10-13H2,1-4H3,(H,20,24)(H,21,23)/t15-/m0/s1. The molecule has 0 saturated carbocycles. The van der Waals surface area contributed by atoms with Crippen LogP contribution >= 0.6 is 0 Å². The highest BCUT2D eigenvalue weighted by atomic mass is 16.5. The molecule has 1 rings (SSSR count). The van der Waals surface area contributed by atoms with Crippen LogP contribution in [0.3, 0.4) is 0 Å². The van der Waals surface area contributed by atoms with Gasteiger partial charge in [-0.3, -0.25) is 14.4 Å². The molecule has 0 aliphatic rings. The molecule has 1 aromatic carbocycles. The average molecular weight is 363 g/mol. The molecule has 0 radical (unpaired) electrons. The largest absolute Gasteiger partial charge is 0.383 e. The van der Waals surface area contributed by atoms with Crippen LogP contribution in [0.1, 0.15) is 25.8 Å². The van der Waals surface area contributed by atoms with Crippen LogP contribution in [0.15, 0.2) is 24.3 Å². The molecular formula is C19H29N3O4. The van der Waals surface area contributed by atoms with Gasteiger partial charge in [0.05, 0.1) is 19.7 Å². The summed E-state index contributed by atoms with van der Waals surface area (Å²) in [7, 11) is 1.54. The molecule has 3 amide bonds. The molecular weight excluding hydrogens is 334 g/mol. The summed E-state index contributed by atoms with van der Waals surface area (Å²) in [6.07, 6.45) is 0.697. The molecule has 0 aromatic heterocycles. The molecule has 0 aliphatic heterocycles. The van der Waals surface area contributed by atoms with Gasteiger partial charge in [0.2, 0.25) is 17.7 Å². The molecule has 0 heterocycles. The van der Waals surface area contributed by atoms with Crippen molar-refractivity contribution >= 4 is 23.4 Å². The van der Waals surface area contributed by atoms with Crippen molar-refractivity contribution in [3.63, 3.8) is 0 Å². The van der Waals surface area contributed by atoms with Crippen molar-refractivity contribution in [1.29, 1.82) is 0 Å². The quantitative estimate of drug-likeness (QED) is 0.660. The van der Waals surface area contributed by atoms with Gasteiger partial charge in [-0.25, -0.2) is 0 Å². The third-order valence-electron chi connectivity index (χ3n) is 4.03. The number of ether oxygens (including phenoxy) is 1. The fourth-order valence-electron chi connectivity index (χ4n) is 2.21. The number of rotatable bonds is 10. The van der Waals surface area contributed by atoms with Crippen LogP contribution in [0.4, 0.5) is 5.69 Å². The van der Waals surface area contributed by atoms with E-state index < -0.39 is 0 Å². The first-order valence-corrected chi connectivity index (χ1v) is 8.78. The Hall–Kier alpha value is -2.41. The first kappa shape index (κ1) is 21.6. The van der Waals surface area contributed by atoms with Crippen LogP contribution in [0, 0.1) is 12.8 Å². The van der Waals surface area contributed by atoms with Gasteiger partial charge in [0.15, 0.2) is 0 Å². The SMILES string of the molecule is CC[C@H](C)C(=O)N(CCOC)CC(=O)NCC(=O)Nc1ccc(C)cc1. The normalized spacial score (nSPS) is 11.5. The second-order valence-electron chi connectivity index (χ2n) is 6.25. The summed E-state index contributed by atoms with van der Waals surface area (Å²) in [5.41, 5.74) is 1.77. The summed E-state index contributed by atoms with van der Waals surface area (Å²) in [5.74, 6) is -0.955. The van der Waals surface area contributed by atoms with Gasteiger partial charge < -0.3 is 20.3 Å². The van der Waals surface area contributed by atoms with Gasteiger partial charge in [-0.1, -0.05) is 31.5 Å². The Morgan fingerprint density at radius 1 is 1.15 bits per heavy atom. The van der Waals surface area contributed by atoms with E-state index >= 15 is 0 Å². The molecule has 7 nitrogen and oxygen atoms in total. The number of hydrogen-bond donors (Lipinski definition) is 2. The highest BCUT2D eigenvalue weighted by Crippen LogP contribution is 2.08. The maximum absolute atomic E-state index is 12.3. The molecule has 0 fully saturated rings. The second-order valence-corrected chi connectivity index (χ2v) is 6.25. The predicted molar refractivity (Wildman–Crippen MR) is 101 cm³/mol. The summed E-state index contributed by atoms with van der Waals surface area (Å²) in [5, 5.41) is 5.26. The Kier molecular flexibility index (Phi) is 9.36. The number of nitrogens with zero attached hydrogens (tertiary/aromatic N) is 1. The molecule has 0 saturated heterocycles. The first-order chi connectivity index (χ1) is 12.4. The highest BCUT2D eigenvalue weighted by molar-refractivity contribution is 5.95. The van der Waals surface area contributed by atoms with E-state index in [4.69, 9.17) is 4.74 Å². The molecule has 2 N–H and O–H groups in total. The Morgan fingerprint density at radius 2 is 1.81 bits per heavy atom. The van der Waals surface area contributed by atoms with E-state index in [2.05, 4.69) is 10.6 Å². The third kappa shape index (κ3) is 7.65. The number of amides is 3. The van der Waals surface area contributed by atoms with E-state index in [-0.39, 0.29) is 36.7 Å². The van der Waals surface area contributed by atoms with Gasteiger partial charge in [0, 0.05) is 25.3 Å². The number of carbonyl (C=O) groups is 3. The number of aryl methyl sites for hydroxylation is 1. The summed E-state index contributed by atoms with van der Waals surface area (Å²) in [6.45, 7) is 6.15. The van der Waals surface area contributed by atoms with Crippen LogP contribution in [-0.2, 0) is 19.1 Å². The lowest BCUT2D eigenvalue weighted by Crippen LogP contribution is -2.45. The Bertz CT molecular complexity index is 601. The van der Waals surface area contributed by atoms with E-state index in [0.717, 1.165) is 5.56 Å². The van der Waals surface area contributed by atoms with Gasteiger partial charge in [-0.2, -0.15) is 0 Å². The maximum atomic E-state index is 12.3. The molecule has 144 valence electrons. The first-order valence-electron chi connectivity index (χ1n) is 8.78. The zero-order chi connectivity index (χ0) is 19.5. The van der Waals surface area contributed by atoms with Gasteiger partial charge in [-0.05, 0) is 25.5 Å². The highest BCUT2D eigenvalue weighted by Gasteiger charge is 2.21. The summed E-state index contributed by atoms with van der Waals surface area (Å²) in [4.78, 5) is 37.8. The van der Waals surface area contributed by atoms with Crippen LogP contribution in [0.25, 0.3) is 0 Å². The van der Waals surface area contributed by atoms with Crippen LogP contribution < -0.4 is 10.6 Å². The van der Waals surface area contributed by atoms with E-state index in [1.54, 1.807) is 19.2 Å². The fourth-order valence-corrected chi connectivity index (χ4v) is 2.21. The minimum absolute atomic E-state index is 0.0929. The molecule has 0 bridgehead atoms. The molecule has 0 unspecified atom stereocenters. The summed E-state index contributed by atoms with van der Waals surface area (Å²) in [6, 6.07) is 7.38. The second kappa shape index (κ2) is 11.3. The van der Waals surface area contributed by atoms with E-state index in [0.29, 0.717) is 25.3 Å². The Morgan fingerprint density at radius 3 is 2.38 bits per heavy atom. The monoisotopic (exact) mass is 363 g/mol. The van der Waals surface area contributed by atoms with E-state index in [9.17, 15) is 14.4 Å². The van der Waals surface area contributed by atoms with Gasteiger partial charge in [0.1, 0.15) is 0 Å². The lowest BCUT2D eigenvalue weighted by atomic mass is 10.1. The number of benzene rings is 1. The van der Waals surface area contributed by atoms with Gasteiger partial charge >= 0.3 is 0 Å². The van der Waals surface area contributed by atoms with Crippen molar-refractivity contribution in [3.05, 3.63) is 29.8 Å². The smallest absolute Gasteiger partial charge is 0.243 e. The van der Waals surface area contributed by atoms with Gasteiger partial charge in [-0.15, -0.1) is 0 Å². The third-order valence-corrected chi connectivity index (χ3v) is 4.03. The average Bonchev–Trinajstić information content (AvgIpc) is 2.64. The fraction of sp³-hybridized carbons (Fsp3) is 0.526. The number of methoxy groups -OCH3 is 1. The molecule has 0 aliphatic carbocycles. The molecule has 7 heteroatoms. The Labute approximate surface area is 155 Å². The zero-order valence-corrected chi connectivity index (χ0v) is 16.0.